The lowest BCUT2D eigenvalue weighted by molar-refractivity contribution is -0.154. The van der Waals surface area contributed by atoms with E-state index in [2.05, 4.69) is 9.97 Å². The molecular formula is C14H19N3O2S. The van der Waals surface area contributed by atoms with Gasteiger partial charge in [0.15, 0.2) is 4.77 Å². The predicted molar refractivity (Wildman–Crippen MR) is 80.0 cm³/mol. The SMILES string of the molecule is CC(C)(C)OC(=O)CCCn1c(=S)[nH]c2cnccc21. The highest BCUT2D eigenvalue weighted by Gasteiger charge is 2.15. The maximum absolute atomic E-state index is 11.7. The van der Waals surface area contributed by atoms with Gasteiger partial charge in [-0.15, -0.1) is 0 Å². The number of carbonyl (C=O) groups excluding carboxylic acids is 1. The van der Waals surface area contributed by atoms with E-state index < -0.39 is 5.60 Å². The summed E-state index contributed by atoms with van der Waals surface area (Å²) in [6, 6.07) is 1.91. The summed E-state index contributed by atoms with van der Waals surface area (Å²) in [7, 11) is 0. The molecule has 2 aromatic rings. The maximum Gasteiger partial charge on any atom is 0.306 e. The molecule has 0 saturated carbocycles. The fourth-order valence-electron chi connectivity index (χ4n) is 2.01. The van der Waals surface area contributed by atoms with Gasteiger partial charge in [0.25, 0.3) is 0 Å². The van der Waals surface area contributed by atoms with Crippen molar-refractivity contribution < 1.29 is 9.53 Å². The number of aromatic nitrogens is 3. The summed E-state index contributed by atoms with van der Waals surface area (Å²) >= 11 is 5.28. The molecule has 0 aliphatic heterocycles. The number of H-pyrrole nitrogens is 1. The normalized spacial score (nSPS) is 11.8. The van der Waals surface area contributed by atoms with E-state index in [1.165, 1.54) is 0 Å². The summed E-state index contributed by atoms with van der Waals surface area (Å²) in [6.45, 7) is 6.29. The number of aromatic amines is 1. The van der Waals surface area contributed by atoms with Crippen LogP contribution in [0.3, 0.4) is 0 Å². The molecule has 0 aliphatic rings. The first-order valence-corrected chi connectivity index (χ1v) is 7.02. The van der Waals surface area contributed by atoms with Crippen LogP contribution in [-0.2, 0) is 16.1 Å². The zero-order chi connectivity index (χ0) is 14.8. The summed E-state index contributed by atoms with van der Waals surface area (Å²) in [5.41, 5.74) is 1.49. The minimum absolute atomic E-state index is 0.175. The molecule has 0 unspecified atom stereocenters. The number of nitrogens with one attached hydrogen (secondary N) is 1. The van der Waals surface area contributed by atoms with Crippen LogP contribution < -0.4 is 0 Å². The van der Waals surface area contributed by atoms with Crippen molar-refractivity contribution in [3.8, 4) is 0 Å². The minimum atomic E-state index is -0.431. The molecule has 0 bridgehead atoms. The van der Waals surface area contributed by atoms with Crippen molar-refractivity contribution in [1.82, 2.24) is 14.5 Å². The lowest BCUT2D eigenvalue weighted by atomic mass is 10.2. The molecule has 20 heavy (non-hydrogen) atoms. The van der Waals surface area contributed by atoms with Crippen LogP contribution in [-0.4, -0.2) is 26.1 Å². The second-order valence-electron chi connectivity index (χ2n) is 5.66. The lowest BCUT2D eigenvalue weighted by Crippen LogP contribution is -2.23. The summed E-state index contributed by atoms with van der Waals surface area (Å²) < 4.78 is 7.92. The molecule has 0 aliphatic carbocycles. The molecule has 2 aromatic heterocycles. The van der Waals surface area contributed by atoms with E-state index in [0.717, 1.165) is 11.0 Å². The Morgan fingerprint density at radius 2 is 2.25 bits per heavy atom. The largest absolute Gasteiger partial charge is 0.460 e. The first kappa shape index (κ1) is 14.7. The average Bonchev–Trinajstić information content (AvgIpc) is 2.64. The van der Waals surface area contributed by atoms with E-state index >= 15 is 0 Å². The second-order valence-corrected chi connectivity index (χ2v) is 6.05. The monoisotopic (exact) mass is 293 g/mol. The highest BCUT2D eigenvalue weighted by molar-refractivity contribution is 7.71. The number of rotatable bonds is 4. The van der Waals surface area contributed by atoms with E-state index in [9.17, 15) is 4.79 Å². The van der Waals surface area contributed by atoms with Crippen molar-refractivity contribution in [1.29, 1.82) is 0 Å². The summed E-state index contributed by atoms with van der Waals surface area (Å²) in [6.07, 6.45) is 4.56. The van der Waals surface area contributed by atoms with E-state index in [4.69, 9.17) is 17.0 Å². The quantitative estimate of drug-likeness (QED) is 0.694. The van der Waals surface area contributed by atoms with Crippen molar-refractivity contribution in [3.63, 3.8) is 0 Å². The topological polar surface area (TPSA) is 59.9 Å². The van der Waals surface area contributed by atoms with Crippen molar-refractivity contribution in [3.05, 3.63) is 23.2 Å². The van der Waals surface area contributed by atoms with Gasteiger partial charge in [-0.3, -0.25) is 9.78 Å². The van der Waals surface area contributed by atoms with Gasteiger partial charge < -0.3 is 14.3 Å². The van der Waals surface area contributed by atoms with Gasteiger partial charge in [-0.2, -0.15) is 0 Å². The molecule has 0 radical (unpaired) electrons. The van der Waals surface area contributed by atoms with E-state index in [1.54, 1.807) is 12.4 Å². The van der Waals surface area contributed by atoms with Crippen LogP contribution in [0.4, 0.5) is 0 Å². The number of aryl methyl sites for hydroxylation is 1. The number of imidazole rings is 1. The molecule has 108 valence electrons. The fraction of sp³-hybridized carbons (Fsp3) is 0.500. The van der Waals surface area contributed by atoms with Crippen LogP contribution in [0.2, 0.25) is 0 Å². The molecular weight excluding hydrogens is 274 g/mol. The molecule has 0 aromatic carbocycles. The van der Waals surface area contributed by atoms with Crippen LogP contribution in [0.1, 0.15) is 33.6 Å². The number of esters is 1. The number of carbonyl (C=O) groups is 1. The van der Waals surface area contributed by atoms with E-state index in [1.807, 2.05) is 31.4 Å². The van der Waals surface area contributed by atoms with Gasteiger partial charge >= 0.3 is 5.97 Å². The smallest absolute Gasteiger partial charge is 0.306 e. The van der Waals surface area contributed by atoms with Crippen molar-refractivity contribution in [2.45, 2.75) is 45.8 Å². The summed E-state index contributed by atoms with van der Waals surface area (Å²) in [4.78, 5) is 18.8. The second kappa shape index (κ2) is 5.75. The molecule has 1 N–H and O–H groups in total. The average molecular weight is 293 g/mol. The molecule has 2 heterocycles. The summed E-state index contributed by atoms with van der Waals surface area (Å²) in [5, 5.41) is 0. The van der Waals surface area contributed by atoms with Gasteiger partial charge in [0.05, 0.1) is 17.2 Å². The van der Waals surface area contributed by atoms with Crippen LogP contribution in [0.25, 0.3) is 11.0 Å². The van der Waals surface area contributed by atoms with Crippen molar-refractivity contribution >= 4 is 29.2 Å². The Labute approximate surface area is 123 Å². The van der Waals surface area contributed by atoms with Crippen LogP contribution in [0.5, 0.6) is 0 Å². The Bertz CT molecular complexity index is 667. The molecule has 6 heteroatoms. The van der Waals surface area contributed by atoms with Crippen LogP contribution >= 0.6 is 12.2 Å². The zero-order valence-electron chi connectivity index (χ0n) is 12.0. The molecule has 5 nitrogen and oxygen atoms in total. The predicted octanol–water partition coefficient (Wildman–Crippen LogP) is 3.22. The van der Waals surface area contributed by atoms with Crippen LogP contribution in [0.15, 0.2) is 18.5 Å². The molecule has 0 fully saturated rings. The lowest BCUT2D eigenvalue weighted by Gasteiger charge is -2.19. The molecule has 0 amide bonds. The first-order chi connectivity index (χ1) is 9.37. The Hall–Kier alpha value is -1.69. The Morgan fingerprint density at radius 3 is 2.95 bits per heavy atom. The van der Waals surface area contributed by atoms with Gasteiger partial charge in [-0.25, -0.2) is 0 Å². The van der Waals surface area contributed by atoms with Gasteiger partial charge in [0.2, 0.25) is 0 Å². The highest BCUT2D eigenvalue weighted by Crippen LogP contribution is 2.14. The fourth-order valence-corrected chi connectivity index (χ4v) is 2.31. The van der Waals surface area contributed by atoms with Gasteiger partial charge in [-0.05, 0) is 45.5 Å². The Balaban J connectivity index is 1.98. The number of ether oxygens (including phenoxy) is 1. The standard InChI is InChI=1S/C14H19N3O2S/c1-14(2,3)19-12(18)5-4-8-17-11-6-7-15-9-10(11)16-13(17)20/h6-7,9H,4-5,8H2,1-3H3,(H,16,20). The number of hydrogen-bond acceptors (Lipinski definition) is 4. The van der Waals surface area contributed by atoms with Crippen LogP contribution in [0, 0.1) is 4.77 Å². The van der Waals surface area contributed by atoms with Crippen molar-refractivity contribution in [2.75, 3.05) is 0 Å². The third kappa shape index (κ3) is 3.66. The number of fused-ring (bicyclic) bond motifs is 1. The number of pyridine rings is 1. The molecule has 0 spiro atoms. The Morgan fingerprint density at radius 1 is 1.50 bits per heavy atom. The number of nitrogens with zero attached hydrogens (tertiary/aromatic N) is 2. The highest BCUT2D eigenvalue weighted by atomic mass is 32.1. The van der Waals surface area contributed by atoms with E-state index in [0.29, 0.717) is 24.2 Å². The number of hydrogen-bond donors (Lipinski definition) is 1. The van der Waals surface area contributed by atoms with Gasteiger partial charge in [0.1, 0.15) is 5.60 Å². The van der Waals surface area contributed by atoms with Gasteiger partial charge in [0, 0.05) is 19.2 Å². The zero-order valence-corrected chi connectivity index (χ0v) is 12.8. The van der Waals surface area contributed by atoms with E-state index in [-0.39, 0.29) is 5.97 Å². The molecule has 0 saturated heterocycles. The summed E-state index contributed by atoms with van der Waals surface area (Å²) in [5.74, 6) is -0.175. The first-order valence-electron chi connectivity index (χ1n) is 6.61. The Kier molecular flexibility index (Phi) is 4.23. The minimum Gasteiger partial charge on any atom is -0.460 e. The third-order valence-corrected chi connectivity index (χ3v) is 3.08. The van der Waals surface area contributed by atoms with Crippen molar-refractivity contribution in [2.24, 2.45) is 0 Å². The third-order valence-electron chi connectivity index (χ3n) is 2.76. The molecule has 0 atom stereocenters. The molecule has 2 rings (SSSR count). The van der Waals surface area contributed by atoms with Gasteiger partial charge in [-0.1, -0.05) is 0 Å². The maximum atomic E-state index is 11.7.